The van der Waals surface area contributed by atoms with Crippen LogP contribution >= 0.6 is 0 Å². The summed E-state index contributed by atoms with van der Waals surface area (Å²) in [5, 5.41) is 18.1. The van der Waals surface area contributed by atoms with E-state index >= 15 is 0 Å². The first-order valence-corrected chi connectivity index (χ1v) is 7.02. The molecule has 1 aromatic rings. The van der Waals surface area contributed by atoms with Gasteiger partial charge in [-0.1, -0.05) is 13.8 Å². The van der Waals surface area contributed by atoms with Gasteiger partial charge in [-0.25, -0.2) is 0 Å². The molecule has 0 aliphatic carbocycles. The zero-order chi connectivity index (χ0) is 15.4. The predicted octanol–water partition coefficient (Wildman–Crippen LogP) is 0.777. The highest BCUT2D eigenvalue weighted by Crippen LogP contribution is 2.16. The summed E-state index contributed by atoms with van der Waals surface area (Å²) in [5.41, 5.74) is 1.33. The predicted molar refractivity (Wildman–Crippen MR) is 75.4 cm³/mol. The SMILES string of the molecule is CC(C)c1cc(C(=O)N2CCC(NC(=O)CC#N)C2)n[nH]1. The summed E-state index contributed by atoms with van der Waals surface area (Å²) < 4.78 is 0. The van der Waals surface area contributed by atoms with Gasteiger partial charge in [-0.05, 0) is 18.4 Å². The van der Waals surface area contributed by atoms with E-state index < -0.39 is 0 Å². The van der Waals surface area contributed by atoms with Gasteiger partial charge in [-0.15, -0.1) is 0 Å². The zero-order valence-electron chi connectivity index (χ0n) is 12.2. The number of nitriles is 1. The summed E-state index contributed by atoms with van der Waals surface area (Å²) in [6, 6.07) is 3.50. The van der Waals surface area contributed by atoms with Crippen LogP contribution in [0.4, 0.5) is 0 Å². The summed E-state index contributed by atoms with van der Waals surface area (Å²) in [6.45, 7) is 5.09. The number of amides is 2. The number of hydrogen-bond donors (Lipinski definition) is 2. The molecule has 7 nitrogen and oxygen atoms in total. The van der Waals surface area contributed by atoms with Crippen LogP contribution < -0.4 is 5.32 Å². The van der Waals surface area contributed by atoms with E-state index in [1.54, 1.807) is 11.0 Å². The molecule has 2 heterocycles. The van der Waals surface area contributed by atoms with Crippen molar-refractivity contribution in [1.29, 1.82) is 5.26 Å². The fraction of sp³-hybridized carbons (Fsp3) is 0.571. The Labute approximate surface area is 123 Å². The summed E-state index contributed by atoms with van der Waals surface area (Å²) >= 11 is 0. The molecule has 1 unspecified atom stereocenters. The van der Waals surface area contributed by atoms with Crippen molar-refractivity contribution >= 4 is 11.8 Å². The maximum Gasteiger partial charge on any atom is 0.274 e. The molecule has 1 aliphatic heterocycles. The number of rotatable bonds is 4. The molecule has 1 aliphatic rings. The molecule has 1 saturated heterocycles. The van der Waals surface area contributed by atoms with Gasteiger partial charge in [0.2, 0.25) is 5.91 Å². The van der Waals surface area contributed by atoms with Crippen molar-refractivity contribution < 1.29 is 9.59 Å². The second-order valence-corrected chi connectivity index (χ2v) is 5.50. The molecule has 0 radical (unpaired) electrons. The second-order valence-electron chi connectivity index (χ2n) is 5.50. The fourth-order valence-electron chi connectivity index (χ4n) is 2.32. The molecular formula is C14H19N5O2. The number of nitrogens with one attached hydrogen (secondary N) is 2. The van der Waals surface area contributed by atoms with Crippen molar-refractivity contribution in [2.75, 3.05) is 13.1 Å². The Bertz CT molecular complexity index is 572. The minimum Gasteiger partial charge on any atom is -0.351 e. The van der Waals surface area contributed by atoms with Gasteiger partial charge in [0.05, 0.1) is 6.07 Å². The molecule has 7 heteroatoms. The second kappa shape index (κ2) is 6.39. The molecule has 2 rings (SSSR count). The third kappa shape index (κ3) is 3.60. The topological polar surface area (TPSA) is 102 Å². The Morgan fingerprint density at radius 2 is 2.38 bits per heavy atom. The number of carbonyl (C=O) groups excluding carboxylic acids is 2. The molecule has 112 valence electrons. The van der Waals surface area contributed by atoms with Crippen LogP contribution in [0.3, 0.4) is 0 Å². The Kier molecular flexibility index (Phi) is 4.58. The van der Waals surface area contributed by atoms with Crippen LogP contribution in [0.5, 0.6) is 0 Å². The largest absolute Gasteiger partial charge is 0.351 e. The van der Waals surface area contributed by atoms with E-state index in [0.717, 1.165) is 5.69 Å². The van der Waals surface area contributed by atoms with Crippen LogP contribution in [0.25, 0.3) is 0 Å². The molecule has 2 N–H and O–H groups in total. The van der Waals surface area contributed by atoms with E-state index in [0.29, 0.717) is 25.2 Å². The molecule has 1 atom stereocenters. The lowest BCUT2D eigenvalue weighted by Crippen LogP contribution is -2.38. The summed E-state index contributed by atoms with van der Waals surface area (Å²) in [5.74, 6) is -0.135. The number of H-pyrrole nitrogens is 1. The normalized spacial score (nSPS) is 17.8. The molecular weight excluding hydrogens is 270 g/mol. The number of aromatic amines is 1. The van der Waals surface area contributed by atoms with E-state index in [1.165, 1.54) is 0 Å². The summed E-state index contributed by atoms with van der Waals surface area (Å²) in [4.78, 5) is 25.4. The summed E-state index contributed by atoms with van der Waals surface area (Å²) in [6.07, 6.45) is 0.548. The average Bonchev–Trinajstić information content (AvgIpc) is 3.06. The van der Waals surface area contributed by atoms with Gasteiger partial charge in [0.25, 0.3) is 5.91 Å². The Morgan fingerprint density at radius 1 is 1.62 bits per heavy atom. The fourth-order valence-corrected chi connectivity index (χ4v) is 2.32. The van der Waals surface area contributed by atoms with Gasteiger partial charge >= 0.3 is 0 Å². The van der Waals surface area contributed by atoms with Crippen LogP contribution in [0, 0.1) is 11.3 Å². The first-order chi connectivity index (χ1) is 10.0. The Balaban J connectivity index is 1.92. The van der Waals surface area contributed by atoms with Crippen molar-refractivity contribution in [1.82, 2.24) is 20.4 Å². The van der Waals surface area contributed by atoms with Crippen molar-refractivity contribution in [3.63, 3.8) is 0 Å². The number of hydrogen-bond acceptors (Lipinski definition) is 4. The highest BCUT2D eigenvalue weighted by molar-refractivity contribution is 5.92. The number of nitrogens with zero attached hydrogens (tertiary/aromatic N) is 3. The molecule has 0 aromatic carbocycles. The lowest BCUT2D eigenvalue weighted by molar-refractivity contribution is -0.120. The minimum absolute atomic E-state index is 0.0849. The van der Waals surface area contributed by atoms with Crippen molar-refractivity contribution in [3.05, 3.63) is 17.5 Å². The minimum atomic E-state index is -0.293. The van der Waals surface area contributed by atoms with Crippen LogP contribution in [0.15, 0.2) is 6.07 Å². The maximum atomic E-state index is 12.3. The third-order valence-corrected chi connectivity index (χ3v) is 3.52. The van der Waals surface area contributed by atoms with E-state index in [4.69, 9.17) is 5.26 Å². The van der Waals surface area contributed by atoms with Gasteiger partial charge in [-0.2, -0.15) is 10.4 Å². The third-order valence-electron chi connectivity index (χ3n) is 3.52. The molecule has 2 amide bonds. The highest BCUT2D eigenvalue weighted by Gasteiger charge is 2.29. The van der Waals surface area contributed by atoms with Crippen LogP contribution in [0.2, 0.25) is 0 Å². The molecule has 1 aromatic heterocycles. The molecule has 1 fully saturated rings. The monoisotopic (exact) mass is 289 g/mol. The van der Waals surface area contributed by atoms with Crippen LogP contribution in [-0.2, 0) is 4.79 Å². The molecule has 21 heavy (non-hydrogen) atoms. The molecule has 0 bridgehead atoms. The van der Waals surface area contributed by atoms with Crippen LogP contribution in [0.1, 0.15) is 48.8 Å². The van der Waals surface area contributed by atoms with E-state index in [1.807, 2.05) is 19.9 Å². The quantitative estimate of drug-likeness (QED) is 0.855. The maximum absolute atomic E-state index is 12.3. The van der Waals surface area contributed by atoms with Gasteiger partial charge in [0.15, 0.2) is 0 Å². The molecule has 0 saturated carbocycles. The van der Waals surface area contributed by atoms with Gasteiger partial charge in [0, 0.05) is 24.8 Å². The van der Waals surface area contributed by atoms with Crippen molar-refractivity contribution in [3.8, 4) is 6.07 Å². The van der Waals surface area contributed by atoms with Gasteiger partial charge < -0.3 is 10.2 Å². The highest BCUT2D eigenvalue weighted by atomic mass is 16.2. The van der Waals surface area contributed by atoms with Crippen molar-refractivity contribution in [2.45, 2.75) is 38.6 Å². The van der Waals surface area contributed by atoms with Gasteiger partial charge in [-0.3, -0.25) is 14.7 Å². The summed E-state index contributed by atoms with van der Waals surface area (Å²) in [7, 11) is 0. The average molecular weight is 289 g/mol. The molecule has 0 spiro atoms. The van der Waals surface area contributed by atoms with Crippen LogP contribution in [-0.4, -0.2) is 46.0 Å². The standard InChI is InChI=1S/C14H19N5O2/c1-9(2)11-7-12(18-17-11)14(21)19-6-4-10(8-19)16-13(20)3-5-15/h7,9-10H,3-4,6,8H2,1-2H3,(H,16,20)(H,17,18). The lowest BCUT2D eigenvalue weighted by atomic mass is 10.1. The Morgan fingerprint density at radius 3 is 3.00 bits per heavy atom. The van der Waals surface area contributed by atoms with E-state index in [2.05, 4.69) is 15.5 Å². The number of aromatic nitrogens is 2. The number of likely N-dealkylation sites (tertiary alicyclic amines) is 1. The first kappa shape index (κ1) is 15.0. The van der Waals surface area contributed by atoms with E-state index in [9.17, 15) is 9.59 Å². The lowest BCUT2D eigenvalue weighted by Gasteiger charge is -2.15. The number of carbonyl (C=O) groups is 2. The Hall–Kier alpha value is -2.36. The zero-order valence-corrected chi connectivity index (χ0v) is 12.2. The smallest absolute Gasteiger partial charge is 0.274 e. The first-order valence-electron chi connectivity index (χ1n) is 7.02. The van der Waals surface area contributed by atoms with Crippen molar-refractivity contribution in [2.24, 2.45) is 0 Å². The van der Waals surface area contributed by atoms with E-state index in [-0.39, 0.29) is 30.2 Å². The van der Waals surface area contributed by atoms with Gasteiger partial charge in [0.1, 0.15) is 12.1 Å².